The van der Waals surface area contributed by atoms with Crippen LogP contribution in [-0.2, 0) is 16.9 Å². The molecule has 1 aromatic carbocycles. The maximum Gasteiger partial charge on any atom is 0.259 e. The molecule has 1 aliphatic carbocycles. The lowest BCUT2D eigenvalue weighted by atomic mass is 10.1. The zero-order valence-electron chi connectivity index (χ0n) is 19.0. The van der Waals surface area contributed by atoms with E-state index in [4.69, 9.17) is 10.5 Å². The highest BCUT2D eigenvalue weighted by Crippen LogP contribution is 2.47. The minimum Gasteiger partial charge on any atom is -0.383 e. The summed E-state index contributed by atoms with van der Waals surface area (Å²) in [4.78, 5) is 26.4. The standard InChI is InChI=1S/C26H24N6O2/c1-26(11-12-26)32-20(10-7-17-4-3-13-28-14-17)21(22-23(27)29-16-30-24(22)32)25(33)31-19-8-5-18(6-9-19)15-34-2/h3-6,8-9,13-14,16H,11-12,15H2,1-2H3,(H,31,33)(H2,27,29,30). The molecule has 1 aliphatic rings. The number of nitrogens with zero attached hydrogens (tertiary/aromatic N) is 4. The van der Waals surface area contributed by atoms with Crippen LogP contribution >= 0.6 is 0 Å². The van der Waals surface area contributed by atoms with Crippen molar-refractivity contribution in [1.29, 1.82) is 0 Å². The lowest BCUT2D eigenvalue weighted by Crippen LogP contribution is -2.18. The molecule has 0 aliphatic heterocycles. The monoisotopic (exact) mass is 452 g/mol. The number of benzene rings is 1. The molecule has 8 nitrogen and oxygen atoms in total. The van der Waals surface area contributed by atoms with Gasteiger partial charge < -0.3 is 20.4 Å². The molecule has 4 aromatic rings. The number of rotatable bonds is 5. The van der Waals surface area contributed by atoms with Gasteiger partial charge in [-0.3, -0.25) is 9.78 Å². The Morgan fingerprint density at radius 2 is 2.00 bits per heavy atom. The van der Waals surface area contributed by atoms with E-state index < -0.39 is 0 Å². The molecular weight excluding hydrogens is 428 g/mol. The second kappa shape index (κ2) is 8.61. The van der Waals surface area contributed by atoms with E-state index in [1.54, 1.807) is 19.5 Å². The first-order valence-electron chi connectivity index (χ1n) is 11.0. The maximum atomic E-state index is 13.6. The number of pyridine rings is 1. The molecule has 3 N–H and O–H groups in total. The highest BCUT2D eigenvalue weighted by molar-refractivity contribution is 6.16. The van der Waals surface area contributed by atoms with Gasteiger partial charge in [-0.2, -0.15) is 0 Å². The number of carbonyl (C=O) groups is 1. The van der Waals surface area contributed by atoms with Crippen LogP contribution in [0.25, 0.3) is 11.0 Å². The molecule has 170 valence electrons. The molecule has 0 atom stereocenters. The van der Waals surface area contributed by atoms with Gasteiger partial charge in [0.15, 0.2) is 0 Å². The number of nitrogen functional groups attached to an aromatic ring is 1. The average molecular weight is 453 g/mol. The fraction of sp³-hybridized carbons (Fsp3) is 0.231. The molecule has 0 radical (unpaired) electrons. The van der Waals surface area contributed by atoms with E-state index in [9.17, 15) is 4.79 Å². The number of methoxy groups -OCH3 is 1. The van der Waals surface area contributed by atoms with Gasteiger partial charge in [-0.15, -0.1) is 0 Å². The molecule has 3 heterocycles. The number of ether oxygens (including phenoxy) is 1. The number of fused-ring (bicyclic) bond motifs is 1. The second-order valence-electron chi connectivity index (χ2n) is 8.59. The molecular formula is C26H24N6O2. The Morgan fingerprint density at radius 1 is 1.21 bits per heavy atom. The summed E-state index contributed by atoms with van der Waals surface area (Å²) in [6.07, 6.45) is 6.73. The van der Waals surface area contributed by atoms with Crippen LogP contribution in [0.15, 0.2) is 55.1 Å². The Labute approximate surface area is 197 Å². The summed E-state index contributed by atoms with van der Waals surface area (Å²) in [6, 6.07) is 11.2. The second-order valence-corrected chi connectivity index (χ2v) is 8.59. The van der Waals surface area contributed by atoms with Crippen molar-refractivity contribution in [1.82, 2.24) is 19.5 Å². The van der Waals surface area contributed by atoms with Crippen molar-refractivity contribution in [3.8, 4) is 11.8 Å². The smallest absolute Gasteiger partial charge is 0.259 e. The largest absolute Gasteiger partial charge is 0.383 e. The van der Waals surface area contributed by atoms with Gasteiger partial charge >= 0.3 is 0 Å². The molecule has 1 fully saturated rings. The third-order valence-corrected chi connectivity index (χ3v) is 6.03. The highest BCUT2D eigenvalue weighted by Gasteiger charge is 2.43. The first kappa shape index (κ1) is 21.6. The zero-order valence-corrected chi connectivity index (χ0v) is 19.0. The summed E-state index contributed by atoms with van der Waals surface area (Å²) in [5.41, 5.74) is 10.1. The summed E-state index contributed by atoms with van der Waals surface area (Å²) in [6.45, 7) is 2.64. The Hall–Kier alpha value is -4.22. The quantitative estimate of drug-likeness (QED) is 0.447. The fourth-order valence-corrected chi connectivity index (χ4v) is 4.02. The molecule has 1 saturated carbocycles. The van der Waals surface area contributed by atoms with E-state index in [1.165, 1.54) is 6.33 Å². The molecule has 3 aromatic heterocycles. The Kier molecular flexibility index (Phi) is 5.48. The number of nitrogens with two attached hydrogens (primary N) is 1. The molecule has 0 spiro atoms. The average Bonchev–Trinajstić information content (AvgIpc) is 3.48. The fourth-order valence-electron chi connectivity index (χ4n) is 4.02. The van der Waals surface area contributed by atoms with Crippen LogP contribution in [0.2, 0.25) is 0 Å². The molecule has 8 heteroatoms. The van der Waals surface area contributed by atoms with Crippen molar-refractivity contribution in [3.63, 3.8) is 0 Å². The number of hydrogen-bond acceptors (Lipinski definition) is 6. The lowest BCUT2D eigenvalue weighted by Gasteiger charge is -2.14. The van der Waals surface area contributed by atoms with E-state index in [1.807, 2.05) is 41.0 Å². The number of hydrogen-bond donors (Lipinski definition) is 2. The van der Waals surface area contributed by atoms with Gasteiger partial charge in [0, 0.05) is 36.3 Å². The van der Waals surface area contributed by atoms with Gasteiger partial charge in [0.1, 0.15) is 23.5 Å². The SMILES string of the molecule is COCc1ccc(NC(=O)c2c(C#Cc3cccnc3)n(C3(C)CC3)c3ncnc(N)c23)cc1. The molecule has 1 amide bonds. The van der Waals surface area contributed by atoms with Crippen LogP contribution in [0.4, 0.5) is 11.5 Å². The van der Waals surface area contributed by atoms with E-state index in [-0.39, 0.29) is 17.3 Å². The van der Waals surface area contributed by atoms with Crippen LogP contribution in [0.3, 0.4) is 0 Å². The van der Waals surface area contributed by atoms with Gasteiger partial charge in [-0.25, -0.2) is 9.97 Å². The van der Waals surface area contributed by atoms with Crippen LogP contribution in [0, 0.1) is 11.8 Å². The molecule has 5 rings (SSSR count). The Balaban J connectivity index is 1.65. The number of aromatic nitrogens is 4. The van der Waals surface area contributed by atoms with E-state index in [2.05, 4.69) is 39.0 Å². The summed E-state index contributed by atoms with van der Waals surface area (Å²) in [7, 11) is 1.65. The van der Waals surface area contributed by atoms with Gasteiger partial charge in [-0.05, 0) is 55.5 Å². The van der Waals surface area contributed by atoms with Gasteiger partial charge in [-0.1, -0.05) is 18.1 Å². The predicted molar refractivity (Wildman–Crippen MR) is 130 cm³/mol. The minimum absolute atomic E-state index is 0.182. The summed E-state index contributed by atoms with van der Waals surface area (Å²) in [5, 5.41) is 3.50. The van der Waals surface area contributed by atoms with Crippen molar-refractivity contribution in [2.45, 2.75) is 31.9 Å². The molecule has 0 unspecified atom stereocenters. The van der Waals surface area contributed by atoms with E-state index in [0.717, 1.165) is 24.0 Å². The van der Waals surface area contributed by atoms with Crippen molar-refractivity contribution < 1.29 is 9.53 Å². The normalized spacial score (nSPS) is 13.8. The third kappa shape index (κ3) is 3.98. The van der Waals surface area contributed by atoms with Crippen molar-refractivity contribution in [2.75, 3.05) is 18.2 Å². The zero-order chi connectivity index (χ0) is 23.7. The van der Waals surface area contributed by atoms with Crippen molar-refractivity contribution >= 4 is 28.4 Å². The van der Waals surface area contributed by atoms with Crippen LogP contribution in [-0.4, -0.2) is 32.5 Å². The molecule has 0 bridgehead atoms. The summed E-state index contributed by atoms with van der Waals surface area (Å²) >= 11 is 0. The Morgan fingerprint density at radius 3 is 2.68 bits per heavy atom. The van der Waals surface area contributed by atoms with Crippen molar-refractivity contribution in [2.24, 2.45) is 0 Å². The number of nitrogens with one attached hydrogen (secondary N) is 1. The van der Waals surface area contributed by atoms with Gasteiger partial charge in [0.25, 0.3) is 5.91 Å². The first-order chi connectivity index (χ1) is 16.5. The lowest BCUT2D eigenvalue weighted by molar-refractivity contribution is 0.102. The predicted octanol–water partition coefficient (Wildman–Crippen LogP) is 3.72. The topological polar surface area (TPSA) is 108 Å². The van der Waals surface area contributed by atoms with Gasteiger partial charge in [0.2, 0.25) is 0 Å². The van der Waals surface area contributed by atoms with Crippen molar-refractivity contribution in [3.05, 3.63) is 77.5 Å². The van der Waals surface area contributed by atoms with Gasteiger partial charge in [0.05, 0.1) is 17.6 Å². The third-order valence-electron chi connectivity index (χ3n) is 6.03. The summed E-state index contributed by atoms with van der Waals surface area (Å²) in [5.74, 6) is 6.31. The summed E-state index contributed by atoms with van der Waals surface area (Å²) < 4.78 is 7.20. The number of anilines is 2. The van der Waals surface area contributed by atoms with Crippen LogP contribution < -0.4 is 11.1 Å². The van der Waals surface area contributed by atoms with Crippen LogP contribution in [0.1, 0.15) is 46.9 Å². The van der Waals surface area contributed by atoms with E-state index in [0.29, 0.717) is 34.6 Å². The maximum absolute atomic E-state index is 13.6. The number of carbonyl (C=O) groups excluding carboxylic acids is 1. The van der Waals surface area contributed by atoms with E-state index >= 15 is 0 Å². The highest BCUT2D eigenvalue weighted by atomic mass is 16.5. The van der Waals surface area contributed by atoms with Crippen LogP contribution in [0.5, 0.6) is 0 Å². The molecule has 0 saturated heterocycles. The number of amides is 1. The first-order valence-corrected chi connectivity index (χ1v) is 11.0. The Bertz CT molecular complexity index is 1430. The minimum atomic E-state index is -0.315. The molecule has 34 heavy (non-hydrogen) atoms.